The molecule has 1 aromatic carbocycles. The van der Waals surface area contributed by atoms with Crippen LogP contribution in [0.3, 0.4) is 0 Å². The number of carbonyl (C=O) groups excluding carboxylic acids is 1. The van der Waals surface area contributed by atoms with Gasteiger partial charge in [-0.1, -0.05) is 0 Å². The SMILES string of the molecule is Cn1cc(C(=O)N2CCc3nnc(-c4ccc(F)cc4)cc3C2)[nH]c1=O. The molecule has 1 amide bonds. The molecule has 3 heterocycles. The zero-order chi connectivity index (χ0) is 18.3. The number of H-pyrrole nitrogens is 1. The van der Waals surface area contributed by atoms with Gasteiger partial charge in [0.2, 0.25) is 0 Å². The monoisotopic (exact) mass is 353 g/mol. The molecule has 0 spiro atoms. The third kappa shape index (κ3) is 2.90. The van der Waals surface area contributed by atoms with Crippen LogP contribution < -0.4 is 5.69 Å². The highest BCUT2D eigenvalue weighted by Gasteiger charge is 2.24. The van der Waals surface area contributed by atoms with Crippen molar-refractivity contribution >= 4 is 5.91 Å². The minimum absolute atomic E-state index is 0.228. The van der Waals surface area contributed by atoms with Gasteiger partial charge in [-0.2, -0.15) is 10.2 Å². The number of nitrogens with zero attached hydrogens (tertiary/aromatic N) is 4. The van der Waals surface area contributed by atoms with Crippen LogP contribution in [0.2, 0.25) is 0 Å². The lowest BCUT2D eigenvalue weighted by molar-refractivity contribution is 0.0727. The maximum absolute atomic E-state index is 13.1. The van der Waals surface area contributed by atoms with Gasteiger partial charge < -0.3 is 14.5 Å². The van der Waals surface area contributed by atoms with Crippen molar-refractivity contribution < 1.29 is 9.18 Å². The Labute approximate surface area is 148 Å². The van der Waals surface area contributed by atoms with Crippen LogP contribution in [0.5, 0.6) is 0 Å². The fraction of sp³-hybridized carbons (Fsp3) is 0.222. The first kappa shape index (κ1) is 16.2. The first-order chi connectivity index (χ1) is 12.5. The van der Waals surface area contributed by atoms with E-state index >= 15 is 0 Å². The van der Waals surface area contributed by atoms with E-state index < -0.39 is 0 Å². The Hall–Kier alpha value is -3.29. The maximum Gasteiger partial charge on any atom is 0.325 e. The number of aromatic amines is 1. The summed E-state index contributed by atoms with van der Waals surface area (Å²) in [5.74, 6) is -0.540. The second-order valence-corrected chi connectivity index (χ2v) is 6.27. The number of aryl methyl sites for hydroxylation is 1. The number of benzene rings is 1. The predicted molar refractivity (Wildman–Crippen MR) is 91.9 cm³/mol. The van der Waals surface area contributed by atoms with Crippen LogP contribution in [0.1, 0.15) is 21.7 Å². The van der Waals surface area contributed by atoms with Crippen molar-refractivity contribution in [1.82, 2.24) is 24.6 Å². The smallest absolute Gasteiger partial charge is 0.325 e. The molecule has 0 unspecified atom stereocenters. The van der Waals surface area contributed by atoms with Crippen LogP contribution in [0.15, 0.2) is 41.3 Å². The van der Waals surface area contributed by atoms with Gasteiger partial charge in [0.05, 0.1) is 11.4 Å². The third-order valence-corrected chi connectivity index (χ3v) is 4.48. The lowest BCUT2D eigenvalue weighted by Crippen LogP contribution is -2.36. The van der Waals surface area contributed by atoms with Gasteiger partial charge in [-0.05, 0) is 35.9 Å². The Morgan fingerprint density at radius 2 is 2.00 bits per heavy atom. The average Bonchev–Trinajstić information content (AvgIpc) is 2.99. The number of hydrogen-bond donors (Lipinski definition) is 1. The van der Waals surface area contributed by atoms with Crippen molar-refractivity contribution in [3.8, 4) is 11.3 Å². The number of fused-ring (bicyclic) bond motifs is 1. The summed E-state index contributed by atoms with van der Waals surface area (Å²) in [4.78, 5) is 28.4. The molecule has 2 aromatic heterocycles. The van der Waals surface area contributed by atoms with Crippen molar-refractivity contribution in [3.63, 3.8) is 0 Å². The Balaban J connectivity index is 1.61. The van der Waals surface area contributed by atoms with Crippen LogP contribution in [-0.4, -0.2) is 37.1 Å². The van der Waals surface area contributed by atoms with Crippen LogP contribution in [-0.2, 0) is 20.0 Å². The van der Waals surface area contributed by atoms with Gasteiger partial charge in [0.25, 0.3) is 5.91 Å². The first-order valence-corrected chi connectivity index (χ1v) is 8.17. The quantitative estimate of drug-likeness (QED) is 0.757. The summed E-state index contributed by atoms with van der Waals surface area (Å²) in [6.07, 6.45) is 2.09. The summed E-state index contributed by atoms with van der Waals surface area (Å²) in [5, 5.41) is 8.47. The number of nitrogens with one attached hydrogen (secondary N) is 1. The zero-order valence-corrected chi connectivity index (χ0v) is 14.1. The number of halogens is 1. The molecule has 0 saturated heterocycles. The molecule has 3 aromatic rings. The molecule has 8 heteroatoms. The summed E-state index contributed by atoms with van der Waals surface area (Å²) >= 11 is 0. The summed E-state index contributed by atoms with van der Waals surface area (Å²) in [6.45, 7) is 0.891. The second kappa shape index (κ2) is 6.21. The molecule has 1 N–H and O–H groups in total. The van der Waals surface area contributed by atoms with Crippen molar-refractivity contribution in [3.05, 3.63) is 69.8 Å². The number of amides is 1. The fourth-order valence-electron chi connectivity index (χ4n) is 3.03. The molecule has 1 aliphatic rings. The van der Waals surface area contributed by atoms with Crippen LogP contribution in [0.25, 0.3) is 11.3 Å². The van der Waals surface area contributed by atoms with Gasteiger partial charge in [0, 0.05) is 38.3 Å². The number of rotatable bonds is 2. The highest BCUT2D eigenvalue weighted by atomic mass is 19.1. The van der Waals surface area contributed by atoms with Gasteiger partial charge >= 0.3 is 5.69 Å². The lowest BCUT2D eigenvalue weighted by atomic mass is 10.0. The van der Waals surface area contributed by atoms with Crippen molar-refractivity contribution in [2.45, 2.75) is 13.0 Å². The lowest BCUT2D eigenvalue weighted by Gasteiger charge is -2.27. The molecule has 0 bridgehead atoms. The Morgan fingerprint density at radius 3 is 2.69 bits per heavy atom. The largest absolute Gasteiger partial charge is 0.333 e. The molecular weight excluding hydrogens is 337 g/mol. The van der Waals surface area contributed by atoms with Gasteiger partial charge in [-0.25, -0.2) is 9.18 Å². The summed E-state index contributed by atoms with van der Waals surface area (Å²) < 4.78 is 14.4. The molecule has 4 rings (SSSR count). The predicted octanol–water partition coefficient (Wildman–Crippen LogP) is 1.51. The van der Waals surface area contributed by atoms with E-state index in [0.29, 0.717) is 25.2 Å². The van der Waals surface area contributed by atoms with Crippen LogP contribution >= 0.6 is 0 Å². The van der Waals surface area contributed by atoms with Gasteiger partial charge in [0.1, 0.15) is 11.5 Å². The second-order valence-electron chi connectivity index (χ2n) is 6.27. The Kier molecular flexibility index (Phi) is 3.87. The van der Waals surface area contributed by atoms with E-state index in [0.717, 1.165) is 16.8 Å². The van der Waals surface area contributed by atoms with E-state index in [4.69, 9.17) is 0 Å². The average molecular weight is 353 g/mol. The number of imidazole rings is 1. The molecule has 132 valence electrons. The van der Waals surface area contributed by atoms with Crippen LogP contribution in [0.4, 0.5) is 4.39 Å². The highest BCUT2D eigenvalue weighted by molar-refractivity contribution is 5.92. The minimum atomic E-state index is -0.324. The zero-order valence-electron chi connectivity index (χ0n) is 14.1. The van der Waals surface area contributed by atoms with Crippen LogP contribution in [0, 0.1) is 5.82 Å². The number of carbonyl (C=O) groups is 1. The van der Waals surface area contributed by atoms with E-state index in [1.54, 1.807) is 24.1 Å². The van der Waals surface area contributed by atoms with E-state index in [1.165, 1.54) is 22.9 Å². The summed E-state index contributed by atoms with van der Waals surface area (Å²) in [7, 11) is 1.59. The normalized spacial score (nSPS) is 13.5. The van der Waals surface area contributed by atoms with E-state index in [-0.39, 0.29) is 23.1 Å². The van der Waals surface area contributed by atoms with Crippen molar-refractivity contribution in [2.75, 3.05) is 6.54 Å². The molecule has 7 nitrogen and oxygen atoms in total. The molecule has 1 aliphatic heterocycles. The van der Waals surface area contributed by atoms with Crippen molar-refractivity contribution in [2.24, 2.45) is 7.05 Å². The van der Waals surface area contributed by atoms with Gasteiger partial charge in [-0.3, -0.25) is 4.79 Å². The van der Waals surface area contributed by atoms with E-state index in [2.05, 4.69) is 15.2 Å². The van der Waals surface area contributed by atoms with Gasteiger partial charge in [0.15, 0.2) is 0 Å². The third-order valence-electron chi connectivity index (χ3n) is 4.48. The summed E-state index contributed by atoms with van der Waals surface area (Å²) in [6, 6.07) is 7.91. The molecule has 0 saturated carbocycles. The molecule has 0 atom stereocenters. The number of aromatic nitrogens is 4. The fourth-order valence-corrected chi connectivity index (χ4v) is 3.03. The van der Waals surface area contributed by atoms with E-state index in [9.17, 15) is 14.0 Å². The standard InChI is InChI=1S/C18H16FN5O2/c1-23-10-16(20-18(23)26)17(25)24-7-6-14-12(9-24)8-15(22-21-14)11-2-4-13(19)5-3-11/h2-5,8,10H,6-7,9H2,1H3,(H,20,26). The molecule has 0 fully saturated rings. The molecule has 0 aliphatic carbocycles. The van der Waals surface area contributed by atoms with Gasteiger partial charge in [-0.15, -0.1) is 0 Å². The van der Waals surface area contributed by atoms with E-state index in [1.807, 2.05) is 6.07 Å². The first-order valence-electron chi connectivity index (χ1n) is 8.17. The van der Waals surface area contributed by atoms with Crippen molar-refractivity contribution in [1.29, 1.82) is 0 Å². The minimum Gasteiger partial charge on any atom is -0.333 e. The maximum atomic E-state index is 13.1. The molecule has 0 radical (unpaired) electrons. The number of hydrogen-bond acceptors (Lipinski definition) is 4. The Morgan fingerprint density at radius 1 is 1.23 bits per heavy atom. The topological polar surface area (TPSA) is 83.9 Å². The highest BCUT2D eigenvalue weighted by Crippen LogP contribution is 2.23. The summed E-state index contributed by atoms with van der Waals surface area (Å²) in [5.41, 5.74) is 3.08. The Bertz CT molecular complexity index is 1040. The molecule has 26 heavy (non-hydrogen) atoms. The molecular formula is C18H16FN5O2.